The van der Waals surface area contributed by atoms with E-state index in [-0.39, 0.29) is 0 Å². The van der Waals surface area contributed by atoms with Gasteiger partial charge in [-0.1, -0.05) is 44.2 Å². The molecule has 0 aromatic heterocycles. The van der Waals surface area contributed by atoms with E-state index < -0.39 is 0 Å². The molecule has 1 fully saturated rings. The molecule has 0 spiro atoms. The van der Waals surface area contributed by atoms with Crippen LogP contribution in [0.1, 0.15) is 61.6 Å². The Kier molecular flexibility index (Phi) is 5.26. The smallest absolute Gasteiger partial charge is 0.121 e. The Balaban J connectivity index is 1.90. The van der Waals surface area contributed by atoms with Gasteiger partial charge in [-0.05, 0) is 43.4 Å². The van der Waals surface area contributed by atoms with Gasteiger partial charge in [-0.15, -0.1) is 0 Å². The van der Waals surface area contributed by atoms with Gasteiger partial charge in [0.1, 0.15) is 5.75 Å². The molecule has 2 heteroatoms. The lowest BCUT2D eigenvalue weighted by Crippen LogP contribution is -2.29. The van der Waals surface area contributed by atoms with Crippen molar-refractivity contribution in [2.24, 2.45) is 0 Å². The van der Waals surface area contributed by atoms with Crippen molar-refractivity contribution in [2.45, 2.75) is 71.4 Å². The second kappa shape index (κ2) is 6.95. The van der Waals surface area contributed by atoms with Crippen LogP contribution in [0.3, 0.4) is 0 Å². The molecule has 0 bridgehead atoms. The number of hydrogen-bond donors (Lipinski definition) is 2. The molecule has 0 amide bonds. The predicted molar refractivity (Wildman–Crippen MR) is 80.5 cm³/mol. The fourth-order valence-corrected chi connectivity index (χ4v) is 3.07. The summed E-state index contributed by atoms with van der Waals surface area (Å²) in [7, 11) is 0. The highest BCUT2D eigenvalue weighted by atomic mass is 16.3. The number of benzene rings is 1. The first kappa shape index (κ1) is 14.4. The number of aryl methyl sites for hydroxylation is 2. The number of rotatable bonds is 3. The molecular weight excluding hydrogens is 234 g/mol. The van der Waals surface area contributed by atoms with Gasteiger partial charge in [0.2, 0.25) is 0 Å². The molecule has 106 valence electrons. The van der Waals surface area contributed by atoms with Crippen LogP contribution in [0.4, 0.5) is 0 Å². The second-order valence-electron chi connectivity index (χ2n) is 6.00. The molecule has 1 aliphatic carbocycles. The van der Waals surface area contributed by atoms with Crippen LogP contribution in [0, 0.1) is 13.8 Å². The van der Waals surface area contributed by atoms with Gasteiger partial charge < -0.3 is 10.4 Å². The van der Waals surface area contributed by atoms with Gasteiger partial charge in [-0.25, -0.2) is 0 Å². The van der Waals surface area contributed by atoms with Gasteiger partial charge >= 0.3 is 0 Å². The molecule has 0 saturated heterocycles. The van der Waals surface area contributed by atoms with Crippen LogP contribution in [-0.4, -0.2) is 11.1 Å². The highest BCUT2D eigenvalue weighted by Gasteiger charge is 2.11. The topological polar surface area (TPSA) is 32.3 Å². The molecule has 2 nitrogen and oxygen atoms in total. The third kappa shape index (κ3) is 4.24. The number of phenolic OH excluding ortho intramolecular Hbond substituents is 1. The minimum atomic E-state index is 0.440. The van der Waals surface area contributed by atoms with E-state index in [1.165, 1.54) is 50.5 Å². The maximum atomic E-state index is 9.80. The minimum absolute atomic E-state index is 0.440. The van der Waals surface area contributed by atoms with Crippen LogP contribution in [0.2, 0.25) is 0 Å². The summed E-state index contributed by atoms with van der Waals surface area (Å²) in [6.45, 7) is 4.87. The Morgan fingerprint density at radius 3 is 2.11 bits per heavy atom. The summed E-state index contributed by atoms with van der Waals surface area (Å²) in [6.07, 6.45) is 9.58. The summed E-state index contributed by atoms with van der Waals surface area (Å²) >= 11 is 0. The van der Waals surface area contributed by atoms with E-state index in [9.17, 15) is 5.11 Å². The Bertz CT molecular complexity index is 383. The molecular formula is C17H27NO. The highest BCUT2D eigenvalue weighted by molar-refractivity contribution is 5.42. The number of aromatic hydroxyl groups is 1. The lowest BCUT2D eigenvalue weighted by molar-refractivity contribution is 0.389. The zero-order chi connectivity index (χ0) is 13.7. The average molecular weight is 261 g/mol. The van der Waals surface area contributed by atoms with Gasteiger partial charge in [-0.2, -0.15) is 0 Å². The summed E-state index contributed by atoms with van der Waals surface area (Å²) in [5.74, 6) is 0.440. The Morgan fingerprint density at radius 1 is 1.00 bits per heavy atom. The summed E-state index contributed by atoms with van der Waals surface area (Å²) in [4.78, 5) is 0. The van der Waals surface area contributed by atoms with Crippen molar-refractivity contribution in [3.8, 4) is 5.75 Å². The highest BCUT2D eigenvalue weighted by Crippen LogP contribution is 2.23. The molecule has 0 aliphatic heterocycles. The third-order valence-electron chi connectivity index (χ3n) is 4.25. The minimum Gasteiger partial charge on any atom is -0.507 e. The van der Waals surface area contributed by atoms with Crippen molar-refractivity contribution >= 4 is 0 Å². The lowest BCUT2D eigenvalue weighted by Gasteiger charge is -2.21. The fraction of sp³-hybridized carbons (Fsp3) is 0.647. The van der Waals surface area contributed by atoms with Crippen LogP contribution in [0.15, 0.2) is 12.1 Å². The van der Waals surface area contributed by atoms with E-state index in [0.717, 1.165) is 17.7 Å². The average Bonchev–Trinajstić information content (AvgIpc) is 2.34. The Labute approximate surface area is 117 Å². The monoisotopic (exact) mass is 261 g/mol. The summed E-state index contributed by atoms with van der Waals surface area (Å²) in [5, 5.41) is 13.5. The van der Waals surface area contributed by atoms with Crippen molar-refractivity contribution in [3.05, 3.63) is 28.8 Å². The van der Waals surface area contributed by atoms with Gasteiger partial charge in [-0.3, -0.25) is 0 Å². The normalized spacial score (nSPS) is 18.0. The summed E-state index contributed by atoms with van der Waals surface area (Å²) in [6, 6.07) is 4.87. The molecule has 1 saturated carbocycles. The molecule has 2 N–H and O–H groups in total. The van der Waals surface area contributed by atoms with Crippen LogP contribution in [0.25, 0.3) is 0 Å². The zero-order valence-corrected chi connectivity index (χ0v) is 12.3. The molecule has 1 aliphatic rings. The second-order valence-corrected chi connectivity index (χ2v) is 6.00. The van der Waals surface area contributed by atoms with Crippen LogP contribution in [0.5, 0.6) is 5.75 Å². The van der Waals surface area contributed by atoms with Crippen LogP contribution in [-0.2, 0) is 6.54 Å². The Morgan fingerprint density at radius 2 is 1.53 bits per heavy atom. The van der Waals surface area contributed by atoms with E-state index in [0.29, 0.717) is 11.8 Å². The van der Waals surface area contributed by atoms with Gasteiger partial charge in [0.15, 0.2) is 0 Å². The summed E-state index contributed by atoms with van der Waals surface area (Å²) < 4.78 is 0. The maximum absolute atomic E-state index is 9.80. The van der Waals surface area contributed by atoms with Crippen molar-refractivity contribution in [2.75, 3.05) is 0 Å². The van der Waals surface area contributed by atoms with E-state index in [1.807, 2.05) is 13.8 Å². The molecule has 1 aromatic rings. The molecule has 0 radical (unpaired) electrons. The summed E-state index contributed by atoms with van der Waals surface area (Å²) in [5.41, 5.74) is 3.25. The fourth-order valence-electron chi connectivity index (χ4n) is 3.07. The zero-order valence-electron chi connectivity index (χ0n) is 12.3. The maximum Gasteiger partial charge on any atom is 0.121 e. The standard InChI is InChI=1S/C17H27NO/c1-13-10-15(11-14(2)17(13)19)12-18-16-8-6-4-3-5-7-9-16/h10-11,16,18-19H,3-9,12H2,1-2H3. The Hall–Kier alpha value is -1.02. The molecule has 0 heterocycles. The molecule has 1 aromatic carbocycles. The number of nitrogens with one attached hydrogen (secondary N) is 1. The van der Waals surface area contributed by atoms with Crippen LogP contribution < -0.4 is 5.32 Å². The van der Waals surface area contributed by atoms with Gasteiger partial charge in [0.05, 0.1) is 0 Å². The number of hydrogen-bond acceptors (Lipinski definition) is 2. The first-order valence-corrected chi connectivity index (χ1v) is 7.69. The molecule has 0 atom stereocenters. The SMILES string of the molecule is Cc1cc(CNC2CCCCCCC2)cc(C)c1O. The molecule has 2 rings (SSSR count). The van der Waals surface area contributed by atoms with E-state index >= 15 is 0 Å². The van der Waals surface area contributed by atoms with Gasteiger partial charge in [0, 0.05) is 12.6 Å². The van der Waals surface area contributed by atoms with Crippen molar-refractivity contribution in [1.82, 2.24) is 5.32 Å². The largest absolute Gasteiger partial charge is 0.507 e. The number of phenols is 1. The van der Waals surface area contributed by atoms with Crippen molar-refractivity contribution < 1.29 is 5.11 Å². The lowest BCUT2D eigenvalue weighted by atomic mass is 9.96. The van der Waals surface area contributed by atoms with Crippen LogP contribution >= 0.6 is 0 Å². The predicted octanol–water partition coefficient (Wildman–Crippen LogP) is 4.21. The third-order valence-corrected chi connectivity index (χ3v) is 4.25. The molecule has 19 heavy (non-hydrogen) atoms. The van der Waals surface area contributed by atoms with Crippen molar-refractivity contribution in [3.63, 3.8) is 0 Å². The first-order valence-electron chi connectivity index (χ1n) is 7.69. The quantitative estimate of drug-likeness (QED) is 0.854. The van der Waals surface area contributed by atoms with E-state index in [1.54, 1.807) is 0 Å². The van der Waals surface area contributed by atoms with E-state index in [2.05, 4.69) is 17.4 Å². The molecule has 0 unspecified atom stereocenters. The van der Waals surface area contributed by atoms with E-state index in [4.69, 9.17) is 0 Å². The van der Waals surface area contributed by atoms with Gasteiger partial charge in [0.25, 0.3) is 0 Å². The van der Waals surface area contributed by atoms with Crippen molar-refractivity contribution in [1.29, 1.82) is 0 Å². The first-order chi connectivity index (χ1) is 9.16.